The maximum atomic E-state index is 13.7. The van der Waals surface area contributed by atoms with Crippen LogP contribution < -0.4 is 5.32 Å². The van der Waals surface area contributed by atoms with E-state index in [1.165, 1.54) is 12.1 Å². The highest BCUT2D eigenvalue weighted by Crippen LogP contribution is 2.29. The quantitative estimate of drug-likeness (QED) is 0.675. The van der Waals surface area contributed by atoms with E-state index >= 15 is 0 Å². The highest BCUT2D eigenvalue weighted by atomic mass is 32.2. The smallest absolute Gasteiger partial charge is 0.272 e. The maximum absolute atomic E-state index is 13.7. The largest absolute Gasteiger partial charge is 0.379 e. The van der Waals surface area contributed by atoms with Crippen molar-refractivity contribution in [1.29, 1.82) is 0 Å². The molecule has 2 atom stereocenters. The number of nitrogens with one attached hydrogen (secondary N) is 1. The molecule has 98 valence electrons. The van der Waals surface area contributed by atoms with Gasteiger partial charge in [-0.25, -0.2) is 4.39 Å². The predicted octanol–water partition coefficient (Wildman–Crippen LogP) is 3.43. The van der Waals surface area contributed by atoms with Gasteiger partial charge < -0.3 is 5.32 Å². The second kappa shape index (κ2) is 5.56. The van der Waals surface area contributed by atoms with E-state index < -0.39 is 10.7 Å². The van der Waals surface area contributed by atoms with E-state index in [-0.39, 0.29) is 11.7 Å². The summed E-state index contributed by atoms with van der Waals surface area (Å²) in [5.41, 5.74) is 0.129. The summed E-state index contributed by atoms with van der Waals surface area (Å²) >= 11 is 1.87. The molecule has 1 aliphatic heterocycles. The Morgan fingerprint density at radius 1 is 1.56 bits per heavy atom. The Kier molecular flexibility index (Phi) is 4.06. The third-order valence-corrected chi connectivity index (χ3v) is 4.49. The lowest BCUT2D eigenvalue weighted by molar-refractivity contribution is -0.385. The van der Waals surface area contributed by atoms with Gasteiger partial charge >= 0.3 is 0 Å². The van der Waals surface area contributed by atoms with Gasteiger partial charge in [0.05, 0.1) is 16.7 Å². The molecule has 4 nitrogen and oxygen atoms in total. The van der Waals surface area contributed by atoms with Crippen molar-refractivity contribution in [1.82, 2.24) is 0 Å². The van der Waals surface area contributed by atoms with Crippen molar-refractivity contribution in [2.45, 2.75) is 31.1 Å². The first-order valence-corrected chi connectivity index (χ1v) is 6.95. The Morgan fingerprint density at radius 3 is 2.94 bits per heavy atom. The third-order valence-electron chi connectivity index (χ3n) is 3.11. The minimum atomic E-state index is -0.591. The number of non-ortho nitro benzene ring substituents is 1. The van der Waals surface area contributed by atoms with Crippen molar-refractivity contribution in [2.24, 2.45) is 0 Å². The molecule has 0 radical (unpaired) electrons. The molecule has 0 amide bonds. The summed E-state index contributed by atoms with van der Waals surface area (Å²) in [5, 5.41) is 14.1. The van der Waals surface area contributed by atoms with Crippen molar-refractivity contribution in [2.75, 3.05) is 11.1 Å². The molecule has 6 heteroatoms. The average molecular weight is 270 g/mol. The number of halogens is 1. The minimum absolute atomic E-state index is 0.218. The number of nitro benzene ring substituents is 1. The highest BCUT2D eigenvalue weighted by molar-refractivity contribution is 8.00. The summed E-state index contributed by atoms with van der Waals surface area (Å²) in [7, 11) is 0. The van der Waals surface area contributed by atoms with Gasteiger partial charge in [-0.2, -0.15) is 11.8 Å². The van der Waals surface area contributed by atoms with Gasteiger partial charge in [-0.15, -0.1) is 0 Å². The maximum Gasteiger partial charge on any atom is 0.272 e. The lowest BCUT2D eigenvalue weighted by atomic mass is 10.1. The topological polar surface area (TPSA) is 55.2 Å². The van der Waals surface area contributed by atoms with Gasteiger partial charge in [-0.3, -0.25) is 10.1 Å². The molecule has 0 aliphatic carbocycles. The molecule has 1 aliphatic rings. The van der Waals surface area contributed by atoms with Crippen LogP contribution >= 0.6 is 11.8 Å². The zero-order valence-corrected chi connectivity index (χ0v) is 10.9. The molecular weight excluding hydrogens is 255 g/mol. The molecule has 1 saturated heterocycles. The lowest BCUT2D eigenvalue weighted by Gasteiger charge is -2.30. The van der Waals surface area contributed by atoms with Crippen molar-refractivity contribution in [3.8, 4) is 0 Å². The summed E-state index contributed by atoms with van der Waals surface area (Å²) in [6.07, 6.45) is 2.12. The van der Waals surface area contributed by atoms with Crippen LogP contribution in [0.1, 0.15) is 19.8 Å². The number of hydrogen-bond acceptors (Lipinski definition) is 4. The Balaban J connectivity index is 2.11. The zero-order valence-electron chi connectivity index (χ0n) is 10.1. The van der Waals surface area contributed by atoms with Gasteiger partial charge in [0.1, 0.15) is 0 Å². The molecule has 0 spiro atoms. The van der Waals surface area contributed by atoms with Crippen molar-refractivity contribution in [3.05, 3.63) is 34.1 Å². The van der Waals surface area contributed by atoms with Crippen LogP contribution in [0.3, 0.4) is 0 Å². The number of anilines is 1. The normalized spacial score (nSPS) is 23.7. The molecule has 0 aromatic heterocycles. The van der Waals surface area contributed by atoms with Crippen LogP contribution in [0, 0.1) is 15.9 Å². The molecule has 1 heterocycles. The number of hydrogen-bond donors (Lipinski definition) is 1. The fourth-order valence-electron chi connectivity index (χ4n) is 2.05. The third kappa shape index (κ3) is 2.93. The summed E-state index contributed by atoms with van der Waals surface area (Å²) in [5.74, 6) is 0.578. The number of nitrogens with zero attached hydrogens (tertiary/aromatic N) is 1. The SMILES string of the molecule is CC1SCCCC1Nc1ccc([N+](=O)[O-])cc1F. The van der Waals surface area contributed by atoms with Crippen molar-refractivity contribution in [3.63, 3.8) is 0 Å². The molecule has 1 aromatic rings. The first-order chi connectivity index (χ1) is 8.58. The fraction of sp³-hybridized carbons (Fsp3) is 0.500. The van der Waals surface area contributed by atoms with E-state index in [4.69, 9.17) is 0 Å². The Labute approximate surface area is 109 Å². The number of benzene rings is 1. The molecule has 2 unspecified atom stereocenters. The van der Waals surface area contributed by atoms with E-state index in [2.05, 4.69) is 12.2 Å². The van der Waals surface area contributed by atoms with Crippen LogP contribution in [0.15, 0.2) is 18.2 Å². The van der Waals surface area contributed by atoms with E-state index in [0.717, 1.165) is 24.7 Å². The first kappa shape index (κ1) is 13.1. The summed E-state index contributed by atoms with van der Waals surface area (Å²) in [4.78, 5) is 9.93. The number of rotatable bonds is 3. The van der Waals surface area contributed by atoms with Crippen molar-refractivity contribution >= 4 is 23.1 Å². The first-order valence-electron chi connectivity index (χ1n) is 5.90. The minimum Gasteiger partial charge on any atom is -0.379 e. The standard InChI is InChI=1S/C12H15FN2O2S/c1-8-11(3-2-6-18-8)14-12-5-4-9(15(16)17)7-10(12)13/h4-5,7-8,11,14H,2-3,6H2,1H3. The van der Waals surface area contributed by atoms with Crippen molar-refractivity contribution < 1.29 is 9.31 Å². The van der Waals surface area contributed by atoms with E-state index in [9.17, 15) is 14.5 Å². The monoisotopic (exact) mass is 270 g/mol. The van der Waals surface area contributed by atoms with Crippen LogP contribution in [0.5, 0.6) is 0 Å². The lowest BCUT2D eigenvalue weighted by Crippen LogP contribution is -2.33. The van der Waals surface area contributed by atoms with Crippen LogP contribution in [-0.4, -0.2) is 22.0 Å². The molecule has 0 bridgehead atoms. The molecule has 1 fully saturated rings. The second-order valence-electron chi connectivity index (χ2n) is 4.39. The number of thioether (sulfide) groups is 1. The Hall–Kier alpha value is -1.30. The van der Waals surface area contributed by atoms with E-state index in [1.807, 2.05) is 11.8 Å². The summed E-state index contributed by atoms with van der Waals surface area (Å²) < 4.78 is 13.7. The Bertz CT molecular complexity index is 456. The highest BCUT2D eigenvalue weighted by Gasteiger charge is 2.22. The van der Waals surface area contributed by atoms with Gasteiger partial charge in [0.2, 0.25) is 0 Å². The average Bonchev–Trinajstić information content (AvgIpc) is 2.34. The molecule has 2 rings (SSSR count). The van der Waals surface area contributed by atoms with Gasteiger partial charge in [-0.1, -0.05) is 6.92 Å². The van der Waals surface area contributed by atoms with Gasteiger partial charge in [0, 0.05) is 17.4 Å². The van der Waals surface area contributed by atoms with E-state index in [0.29, 0.717) is 10.9 Å². The summed E-state index contributed by atoms with van der Waals surface area (Å²) in [6.45, 7) is 2.12. The molecule has 1 aromatic carbocycles. The molecule has 18 heavy (non-hydrogen) atoms. The van der Waals surface area contributed by atoms with Crippen LogP contribution in [0.2, 0.25) is 0 Å². The molecule has 1 N–H and O–H groups in total. The van der Waals surface area contributed by atoms with Gasteiger partial charge in [-0.05, 0) is 24.7 Å². The predicted molar refractivity (Wildman–Crippen MR) is 71.6 cm³/mol. The van der Waals surface area contributed by atoms with Crippen LogP contribution in [-0.2, 0) is 0 Å². The number of nitro groups is 1. The Morgan fingerprint density at radius 2 is 2.33 bits per heavy atom. The zero-order chi connectivity index (χ0) is 13.1. The van der Waals surface area contributed by atoms with Gasteiger partial charge in [0.25, 0.3) is 5.69 Å². The molecule has 0 saturated carbocycles. The fourth-order valence-corrected chi connectivity index (χ4v) is 3.19. The molecular formula is C12H15FN2O2S. The van der Waals surface area contributed by atoms with Crippen LogP contribution in [0.4, 0.5) is 15.8 Å². The van der Waals surface area contributed by atoms with Gasteiger partial charge in [0.15, 0.2) is 5.82 Å². The summed E-state index contributed by atoms with van der Waals surface area (Å²) in [6, 6.07) is 3.95. The van der Waals surface area contributed by atoms with Crippen LogP contribution in [0.25, 0.3) is 0 Å². The second-order valence-corrected chi connectivity index (χ2v) is 5.88. The van der Waals surface area contributed by atoms with E-state index in [1.54, 1.807) is 0 Å².